The number of rotatable bonds is 8. The maximum Gasteiger partial charge on any atom is 0.338 e. The van der Waals surface area contributed by atoms with Gasteiger partial charge in [-0.2, -0.15) is 0 Å². The van der Waals surface area contributed by atoms with Gasteiger partial charge in [0.25, 0.3) is 5.56 Å². The number of hydrogen-bond acceptors (Lipinski definition) is 7. The van der Waals surface area contributed by atoms with Gasteiger partial charge in [0.2, 0.25) is 6.79 Å². The van der Waals surface area contributed by atoms with Crippen LogP contribution >= 0.6 is 11.3 Å². The van der Waals surface area contributed by atoms with Gasteiger partial charge in [0, 0.05) is 29.2 Å². The molecule has 2 aliphatic rings. The lowest BCUT2D eigenvalue weighted by Crippen LogP contribution is -2.40. The van der Waals surface area contributed by atoms with Crippen LogP contribution in [-0.2, 0) is 16.1 Å². The molecule has 204 valence electrons. The summed E-state index contributed by atoms with van der Waals surface area (Å²) in [6, 6.07) is 12.9. The average molecular weight is 556 g/mol. The number of ether oxygens (including phenoxy) is 3. The van der Waals surface area contributed by atoms with Crippen LogP contribution in [0.3, 0.4) is 0 Å². The Kier molecular flexibility index (Phi) is 6.89. The van der Waals surface area contributed by atoms with Crippen LogP contribution < -0.4 is 24.4 Å². The number of thiazole rings is 1. The fourth-order valence-electron chi connectivity index (χ4n) is 5.34. The first-order valence-corrected chi connectivity index (χ1v) is 14.2. The standard InChI is InChI=1S/C31H29N3O5S/c1-4-9-22-27(30(36)37-6-3)28(19-12-13-24-25(15-19)39-18-38-24)34-29(35)26(40-31(34)32-22)16-20-17-33(14-5-2)23-11-8-7-10-21(20)23/h5,7-8,10-13,15-17,28H,2,4,6,9,14,18H2,1,3H3/b26-16+. The third kappa shape index (κ3) is 4.36. The molecule has 0 saturated heterocycles. The molecule has 0 N–H and O–H groups in total. The molecule has 0 fully saturated rings. The maximum absolute atomic E-state index is 14.1. The summed E-state index contributed by atoms with van der Waals surface area (Å²) in [5.41, 5.74) is 3.52. The molecular weight excluding hydrogens is 526 g/mol. The Labute approximate surface area is 234 Å². The van der Waals surface area contributed by atoms with E-state index >= 15 is 0 Å². The highest BCUT2D eigenvalue weighted by Gasteiger charge is 2.35. The third-order valence-corrected chi connectivity index (χ3v) is 8.02. The van der Waals surface area contributed by atoms with Crippen molar-refractivity contribution in [2.75, 3.05) is 13.4 Å². The molecule has 4 heterocycles. The minimum Gasteiger partial charge on any atom is -0.463 e. The average Bonchev–Trinajstić information content (AvgIpc) is 3.65. The zero-order valence-corrected chi connectivity index (χ0v) is 23.2. The maximum atomic E-state index is 14.1. The van der Waals surface area contributed by atoms with Gasteiger partial charge in [0.1, 0.15) is 0 Å². The summed E-state index contributed by atoms with van der Waals surface area (Å²) in [6.07, 6.45) is 7.16. The molecule has 2 aromatic carbocycles. The summed E-state index contributed by atoms with van der Waals surface area (Å²) in [5, 5.41) is 1.04. The van der Waals surface area contributed by atoms with E-state index in [0.29, 0.717) is 45.1 Å². The monoisotopic (exact) mass is 555 g/mol. The van der Waals surface area contributed by atoms with Crippen molar-refractivity contribution in [3.8, 4) is 11.5 Å². The predicted molar refractivity (Wildman–Crippen MR) is 154 cm³/mol. The molecule has 1 unspecified atom stereocenters. The predicted octanol–water partition coefficient (Wildman–Crippen LogP) is 4.45. The van der Waals surface area contributed by atoms with Crippen molar-refractivity contribution in [3.63, 3.8) is 0 Å². The Hall–Kier alpha value is -4.37. The van der Waals surface area contributed by atoms with E-state index in [9.17, 15) is 9.59 Å². The minimum atomic E-state index is -0.712. The summed E-state index contributed by atoms with van der Waals surface area (Å²) in [7, 11) is 0. The largest absolute Gasteiger partial charge is 0.463 e. The van der Waals surface area contributed by atoms with Crippen molar-refractivity contribution in [1.82, 2.24) is 9.13 Å². The number of carbonyl (C=O) groups is 1. The lowest BCUT2D eigenvalue weighted by atomic mass is 9.94. The van der Waals surface area contributed by atoms with Gasteiger partial charge in [-0.1, -0.05) is 55.0 Å². The molecule has 40 heavy (non-hydrogen) atoms. The van der Waals surface area contributed by atoms with Crippen molar-refractivity contribution in [1.29, 1.82) is 0 Å². The summed E-state index contributed by atoms with van der Waals surface area (Å²) in [5.74, 6) is 0.730. The first kappa shape index (κ1) is 25.9. The number of fused-ring (bicyclic) bond motifs is 3. The molecule has 9 heteroatoms. The molecule has 0 saturated carbocycles. The highest BCUT2D eigenvalue weighted by atomic mass is 32.1. The van der Waals surface area contributed by atoms with E-state index < -0.39 is 12.0 Å². The van der Waals surface area contributed by atoms with Crippen molar-refractivity contribution in [2.24, 2.45) is 4.99 Å². The van der Waals surface area contributed by atoms with Crippen molar-refractivity contribution >= 4 is 34.3 Å². The number of allylic oxidation sites excluding steroid dienone is 2. The van der Waals surface area contributed by atoms with E-state index in [0.717, 1.165) is 28.5 Å². The Morgan fingerprint density at radius 2 is 2.02 bits per heavy atom. The summed E-state index contributed by atoms with van der Waals surface area (Å²) in [4.78, 5) is 32.9. The van der Waals surface area contributed by atoms with Crippen LogP contribution in [0.15, 0.2) is 82.4 Å². The number of aromatic nitrogens is 2. The second-order valence-corrected chi connectivity index (χ2v) is 10.6. The van der Waals surface area contributed by atoms with Crippen LogP contribution in [0.25, 0.3) is 17.0 Å². The number of para-hydroxylation sites is 1. The van der Waals surface area contributed by atoms with Gasteiger partial charge < -0.3 is 18.8 Å². The van der Waals surface area contributed by atoms with Crippen LogP contribution in [0.5, 0.6) is 11.5 Å². The molecule has 6 rings (SSSR count). The molecule has 0 spiro atoms. The van der Waals surface area contributed by atoms with Crippen molar-refractivity contribution in [2.45, 2.75) is 39.3 Å². The number of nitrogens with zero attached hydrogens (tertiary/aromatic N) is 3. The second-order valence-electron chi connectivity index (χ2n) is 9.57. The Morgan fingerprint density at radius 3 is 2.83 bits per heavy atom. The van der Waals surface area contributed by atoms with Crippen molar-refractivity contribution in [3.05, 3.63) is 103 Å². The molecule has 0 radical (unpaired) electrons. The van der Waals surface area contributed by atoms with Gasteiger partial charge in [0.15, 0.2) is 16.3 Å². The minimum absolute atomic E-state index is 0.128. The fourth-order valence-corrected chi connectivity index (χ4v) is 6.35. The van der Waals surface area contributed by atoms with Gasteiger partial charge in [-0.3, -0.25) is 9.36 Å². The SMILES string of the molecule is C=CCn1cc(/C=c2/sc3n(c2=O)C(c2ccc4c(c2)OCO4)C(C(=O)OCC)=C(CCC)N=3)c2ccccc21. The Bertz CT molecular complexity index is 1860. The third-order valence-electron chi connectivity index (χ3n) is 7.04. The van der Waals surface area contributed by atoms with Gasteiger partial charge in [-0.05, 0) is 43.2 Å². The Morgan fingerprint density at radius 1 is 1.20 bits per heavy atom. The van der Waals surface area contributed by atoms with Crippen molar-refractivity contribution < 1.29 is 19.0 Å². The lowest BCUT2D eigenvalue weighted by molar-refractivity contribution is -0.139. The topological polar surface area (TPSA) is 84.0 Å². The van der Waals surface area contributed by atoms with Crippen LogP contribution in [-0.4, -0.2) is 28.5 Å². The van der Waals surface area contributed by atoms with Crippen LogP contribution in [0.2, 0.25) is 0 Å². The van der Waals surface area contributed by atoms with Gasteiger partial charge in [-0.15, -0.1) is 6.58 Å². The molecule has 0 amide bonds. The molecular formula is C31H29N3O5S. The molecule has 0 aliphatic carbocycles. The zero-order chi connectivity index (χ0) is 27.8. The molecule has 8 nitrogen and oxygen atoms in total. The fraction of sp³-hybridized carbons (Fsp3) is 0.258. The Balaban J connectivity index is 1.59. The molecule has 2 aromatic heterocycles. The lowest BCUT2D eigenvalue weighted by Gasteiger charge is -2.25. The first-order valence-electron chi connectivity index (χ1n) is 13.3. The van der Waals surface area contributed by atoms with Crippen LogP contribution in [0.1, 0.15) is 43.9 Å². The van der Waals surface area contributed by atoms with Gasteiger partial charge >= 0.3 is 5.97 Å². The number of esters is 1. The number of benzene rings is 2. The van der Waals surface area contributed by atoms with E-state index in [-0.39, 0.29) is 19.0 Å². The molecule has 1 atom stereocenters. The van der Waals surface area contributed by atoms with E-state index in [1.165, 1.54) is 11.3 Å². The highest BCUT2D eigenvalue weighted by Crippen LogP contribution is 2.39. The smallest absolute Gasteiger partial charge is 0.338 e. The molecule has 0 bridgehead atoms. The first-order chi connectivity index (χ1) is 19.5. The zero-order valence-electron chi connectivity index (χ0n) is 22.4. The van der Waals surface area contributed by atoms with E-state index in [1.54, 1.807) is 11.5 Å². The van der Waals surface area contributed by atoms with E-state index in [4.69, 9.17) is 19.2 Å². The summed E-state index contributed by atoms with van der Waals surface area (Å²) >= 11 is 1.33. The van der Waals surface area contributed by atoms with Crippen LogP contribution in [0.4, 0.5) is 0 Å². The quantitative estimate of drug-likeness (QED) is 0.237. The summed E-state index contributed by atoms with van der Waals surface area (Å²) in [6.45, 7) is 8.68. The van der Waals surface area contributed by atoms with Gasteiger partial charge in [-0.25, -0.2) is 9.79 Å². The summed E-state index contributed by atoms with van der Waals surface area (Å²) < 4.78 is 20.9. The number of carbonyl (C=O) groups excluding carboxylic acids is 1. The highest BCUT2D eigenvalue weighted by molar-refractivity contribution is 7.07. The normalized spacial score (nSPS) is 16.2. The molecule has 4 aromatic rings. The van der Waals surface area contributed by atoms with Crippen LogP contribution in [0, 0.1) is 0 Å². The molecule has 2 aliphatic heterocycles. The second kappa shape index (κ2) is 10.7. The van der Waals surface area contributed by atoms with Gasteiger partial charge in [0.05, 0.1) is 28.5 Å². The van der Waals surface area contributed by atoms with E-state index in [1.807, 2.05) is 61.7 Å². The number of hydrogen-bond donors (Lipinski definition) is 0. The van der Waals surface area contributed by atoms with E-state index in [2.05, 4.69) is 17.2 Å².